The minimum absolute atomic E-state index is 0.140. The van der Waals surface area contributed by atoms with E-state index in [0.29, 0.717) is 5.56 Å². The van der Waals surface area contributed by atoms with E-state index in [1.165, 1.54) is 0 Å². The highest BCUT2D eigenvalue weighted by Crippen LogP contribution is 2.18. The molecule has 2 nitrogen and oxygen atoms in total. The molecule has 0 bridgehead atoms. The molecule has 0 fully saturated rings. The van der Waals surface area contributed by atoms with Crippen LogP contribution in [0.25, 0.3) is 0 Å². The van der Waals surface area contributed by atoms with Crippen LogP contribution in [0.3, 0.4) is 0 Å². The van der Waals surface area contributed by atoms with Gasteiger partial charge in [-0.05, 0) is 30.2 Å². The Morgan fingerprint density at radius 1 is 1.11 bits per heavy atom. The second kappa shape index (κ2) is 5.49. The number of halogens is 2. The van der Waals surface area contributed by atoms with Gasteiger partial charge in [0.25, 0.3) is 0 Å². The highest BCUT2D eigenvalue weighted by Gasteiger charge is 2.04. The highest BCUT2D eigenvalue weighted by atomic mass is 19.1. The van der Waals surface area contributed by atoms with E-state index in [0.717, 1.165) is 29.3 Å². The summed E-state index contributed by atoms with van der Waals surface area (Å²) in [5, 5.41) is 8.76. The maximum atomic E-state index is 13.0. The number of hydrogen-bond donors (Lipinski definition) is 0. The second-order valence-electron chi connectivity index (χ2n) is 4.15. The molecule has 0 radical (unpaired) electrons. The summed E-state index contributed by atoms with van der Waals surface area (Å²) in [6.45, 7) is 2.05. The standard InChI is InChI=1S/C15H11F2NO/c1-10-4-11(8-18)2-3-12(10)9-19-15-6-13(16)5-14(17)7-15/h2-7H,9H2,1H3. The van der Waals surface area contributed by atoms with E-state index >= 15 is 0 Å². The van der Waals surface area contributed by atoms with Crippen LogP contribution in [0.2, 0.25) is 0 Å². The molecule has 2 aromatic rings. The average Bonchev–Trinajstić information content (AvgIpc) is 2.36. The first-order chi connectivity index (χ1) is 9.08. The van der Waals surface area contributed by atoms with Crippen molar-refractivity contribution in [2.45, 2.75) is 13.5 Å². The van der Waals surface area contributed by atoms with E-state index < -0.39 is 11.6 Å². The molecule has 0 atom stereocenters. The average molecular weight is 259 g/mol. The van der Waals surface area contributed by atoms with Crippen molar-refractivity contribution >= 4 is 0 Å². The van der Waals surface area contributed by atoms with Crippen molar-refractivity contribution in [2.24, 2.45) is 0 Å². The summed E-state index contributed by atoms with van der Waals surface area (Å²) in [5.41, 5.74) is 2.33. The third-order valence-corrected chi connectivity index (χ3v) is 2.70. The van der Waals surface area contributed by atoms with E-state index in [4.69, 9.17) is 10.00 Å². The molecule has 0 unspecified atom stereocenters. The van der Waals surface area contributed by atoms with Gasteiger partial charge in [-0.1, -0.05) is 6.07 Å². The van der Waals surface area contributed by atoms with Crippen LogP contribution in [0.5, 0.6) is 5.75 Å². The number of rotatable bonds is 3. The normalized spacial score (nSPS) is 10.0. The summed E-state index contributed by atoms with van der Waals surface area (Å²) in [4.78, 5) is 0. The van der Waals surface area contributed by atoms with Crippen molar-refractivity contribution in [1.29, 1.82) is 5.26 Å². The lowest BCUT2D eigenvalue weighted by Crippen LogP contribution is -1.99. The molecule has 0 aliphatic heterocycles. The number of ether oxygens (including phenoxy) is 1. The Kier molecular flexibility index (Phi) is 3.76. The SMILES string of the molecule is Cc1cc(C#N)ccc1COc1cc(F)cc(F)c1. The highest BCUT2D eigenvalue weighted by molar-refractivity contribution is 5.37. The molecule has 0 N–H and O–H groups in total. The zero-order valence-corrected chi connectivity index (χ0v) is 10.3. The number of hydrogen-bond acceptors (Lipinski definition) is 2. The third-order valence-electron chi connectivity index (χ3n) is 2.70. The Labute approximate surface area is 109 Å². The van der Waals surface area contributed by atoms with Crippen molar-refractivity contribution in [1.82, 2.24) is 0 Å². The first-order valence-corrected chi connectivity index (χ1v) is 5.67. The van der Waals surface area contributed by atoms with Gasteiger partial charge in [0.05, 0.1) is 11.6 Å². The molecule has 0 saturated heterocycles. The second-order valence-corrected chi connectivity index (χ2v) is 4.15. The molecular formula is C15H11F2NO. The van der Waals surface area contributed by atoms with Gasteiger partial charge in [0.15, 0.2) is 0 Å². The van der Waals surface area contributed by atoms with Crippen LogP contribution < -0.4 is 4.74 Å². The summed E-state index contributed by atoms with van der Waals surface area (Å²) < 4.78 is 31.3. The molecule has 0 spiro atoms. The Morgan fingerprint density at radius 2 is 1.79 bits per heavy atom. The molecule has 2 aromatic carbocycles. The Balaban J connectivity index is 2.12. The van der Waals surface area contributed by atoms with Crippen LogP contribution >= 0.6 is 0 Å². The molecule has 19 heavy (non-hydrogen) atoms. The molecule has 0 aliphatic rings. The molecule has 4 heteroatoms. The molecule has 2 rings (SSSR count). The summed E-state index contributed by atoms with van der Waals surface area (Å²) in [6, 6.07) is 10.3. The molecule has 0 heterocycles. The lowest BCUT2D eigenvalue weighted by atomic mass is 10.1. The maximum absolute atomic E-state index is 13.0. The predicted molar refractivity (Wildman–Crippen MR) is 66.6 cm³/mol. The van der Waals surface area contributed by atoms with Gasteiger partial charge in [0, 0.05) is 18.2 Å². The Morgan fingerprint density at radius 3 is 2.37 bits per heavy atom. The van der Waals surface area contributed by atoms with Crippen LogP contribution in [0.1, 0.15) is 16.7 Å². The summed E-state index contributed by atoms with van der Waals surface area (Å²) >= 11 is 0. The van der Waals surface area contributed by atoms with Gasteiger partial charge < -0.3 is 4.74 Å². The number of benzene rings is 2. The van der Waals surface area contributed by atoms with Crippen LogP contribution in [-0.2, 0) is 6.61 Å². The quantitative estimate of drug-likeness (QED) is 0.841. The van der Waals surface area contributed by atoms with Crippen molar-refractivity contribution in [3.05, 3.63) is 64.7 Å². The maximum Gasteiger partial charge on any atom is 0.129 e. The molecule has 0 saturated carbocycles. The predicted octanol–water partition coefficient (Wildman–Crippen LogP) is 3.72. The fourth-order valence-electron chi connectivity index (χ4n) is 1.70. The number of nitriles is 1. The van der Waals surface area contributed by atoms with Gasteiger partial charge in [0.2, 0.25) is 0 Å². The smallest absolute Gasteiger partial charge is 0.129 e. The minimum Gasteiger partial charge on any atom is -0.489 e. The van der Waals surface area contributed by atoms with E-state index in [1.807, 2.05) is 13.0 Å². The van der Waals surface area contributed by atoms with E-state index in [2.05, 4.69) is 0 Å². The monoisotopic (exact) mass is 259 g/mol. The first kappa shape index (κ1) is 13.0. The van der Waals surface area contributed by atoms with Crippen LogP contribution in [0, 0.1) is 29.9 Å². The van der Waals surface area contributed by atoms with Crippen molar-refractivity contribution in [3.63, 3.8) is 0 Å². The zero-order chi connectivity index (χ0) is 13.8. The summed E-state index contributed by atoms with van der Waals surface area (Å²) in [6.07, 6.45) is 0. The third kappa shape index (κ3) is 3.29. The topological polar surface area (TPSA) is 33.0 Å². The van der Waals surface area contributed by atoms with E-state index in [9.17, 15) is 8.78 Å². The molecular weight excluding hydrogens is 248 g/mol. The summed E-state index contributed by atoms with van der Waals surface area (Å²) in [7, 11) is 0. The lowest BCUT2D eigenvalue weighted by molar-refractivity contribution is 0.302. The van der Waals surface area contributed by atoms with Crippen LogP contribution in [0.15, 0.2) is 36.4 Å². The van der Waals surface area contributed by atoms with Crippen molar-refractivity contribution in [3.8, 4) is 11.8 Å². The molecule has 0 aliphatic carbocycles. The Hall–Kier alpha value is -2.41. The van der Waals surface area contributed by atoms with Gasteiger partial charge >= 0.3 is 0 Å². The van der Waals surface area contributed by atoms with Crippen molar-refractivity contribution in [2.75, 3.05) is 0 Å². The van der Waals surface area contributed by atoms with Gasteiger partial charge in [-0.3, -0.25) is 0 Å². The van der Waals surface area contributed by atoms with Crippen LogP contribution in [-0.4, -0.2) is 0 Å². The fourth-order valence-corrected chi connectivity index (χ4v) is 1.70. The number of aryl methyl sites for hydroxylation is 1. The molecule has 0 aromatic heterocycles. The van der Waals surface area contributed by atoms with Gasteiger partial charge in [-0.15, -0.1) is 0 Å². The lowest BCUT2D eigenvalue weighted by Gasteiger charge is -2.09. The minimum atomic E-state index is -0.674. The molecule has 96 valence electrons. The first-order valence-electron chi connectivity index (χ1n) is 5.67. The zero-order valence-electron chi connectivity index (χ0n) is 10.3. The summed E-state index contributed by atoms with van der Waals surface area (Å²) in [5.74, 6) is -1.21. The van der Waals surface area contributed by atoms with Gasteiger partial charge in [0.1, 0.15) is 24.0 Å². The van der Waals surface area contributed by atoms with Gasteiger partial charge in [-0.25, -0.2) is 8.78 Å². The number of nitrogens with zero attached hydrogens (tertiary/aromatic N) is 1. The van der Waals surface area contributed by atoms with Crippen molar-refractivity contribution < 1.29 is 13.5 Å². The van der Waals surface area contributed by atoms with E-state index in [-0.39, 0.29) is 12.4 Å². The fraction of sp³-hybridized carbons (Fsp3) is 0.133. The Bertz CT molecular complexity index is 627. The van der Waals surface area contributed by atoms with E-state index in [1.54, 1.807) is 18.2 Å². The molecule has 0 amide bonds. The largest absolute Gasteiger partial charge is 0.489 e. The van der Waals surface area contributed by atoms with Gasteiger partial charge in [-0.2, -0.15) is 5.26 Å². The van der Waals surface area contributed by atoms with Crippen LogP contribution in [0.4, 0.5) is 8.78 Å².